The van der Waals surface area contributed by atoms with Crippen LogP contribution in [-0.2, 0) is 0 Å². The minimum absolute atomic E-state index is 0.0133. The number of pyridine rings is 1. The molecule has 2 nitrogen and oxygen atoms in total. The summed E-state index contributed by atoms with van der Waals surface area (Å²) >= 11 is 5.78. The molecule has 0 aromatic carbocycles. The zero-order valence-electron chi connectivity index (χ0n) is 7.04. The van der Waals surface area contributed by atoms with Crippen molar-refractivity contribution in [3.8, 4) is 0 Å². The van der Waals surface area contributed by atoms with Gasteiger partial charge in [-0.2, -0.15) is 0 Å². The highest BCUT2D eigenvalue weighted by molar-refractivity contribution is 6.33. The van der Waals surface area contributed by atoms with E-state index in [-0.39, 0.29) is 11.7 Å². The lowest BCUT2D eigenvalue weighted by atomic mass is 10.1. The molecule has 0 aliphatic heterocycles. The molecule has 0 N–H and O–H groups in total. The van der Waals surface area contributed by atoms with Gasteiger partial charge in [0.05, 0.1) is 5.02 Å². The van der Waals surface area contributed by atoms with E-state index in [0.29, 0.717) is 10.7 Å². The van der Waals surface area contributed by atoms with Crippen molar-refractivity contribution in [2.75, 3.05) is 0 Å². The summed E-state index contributed by atoms with van der Waals surface area (Å²) in [5, 5.41) is 0.427. The first-order chi connectivity index (χ1) is 5.63. The van der Waals surface area contributed by atoms with Crippen LogP contribution < -0.4 is 0 Å². The SMILES string of the molecule is CC(C)C(=O)c1ncccc1Cl. The van der Waals surface area contributed by atoms with Gasteiger partial charge in [-0.15, -0.1) is 0 Å². The van der Waals surface area contributed by atoms with E-state index in [4.69, 9.17) is 11.6 Å². The normalized spacial score (nSPS) is 10.3. The zero-order valence-corrected chi connectivity index (χ0v) is 7.80. The number of carbonyl (C=O) groups excluding carboxylic acids is 1. The van der Waals surface area contributed by atoms with Crippen molar-refractivity contribution in [2.24, 2.45) is 5.92 Å². The first kappa shape index (κ1) is 9.20. The lowest BCUT2D eigenvalue weighted by Gasteiger charge is -2.03. The van der Waals surface area contributed by atoms with Crippen LogP contribution in [0.15, 0.2) is 18.3 Å². The maximum atomic E-state index is 11.4. The second kappa shape index (κ2) is 3.68. The van der Waals surface area contributed by atoms with Gasteiger partial charge < -0.3 is 0 Å². The van der Waals surface area contributed by atoms with Crippen LogP contribution in [0, 0.1) is 5.92 Å². The fraction of sp³-hybridized carbons (Fsp3) is 0.333. The van der Waals surface area contributed by atoms with E-state index in [1.165, 1.54) is 0 Å². The van der Waals surface area contributed by atoms with Gasteiger partial charge in [0.1, 0.15) is 5.69 Å². The average Bonchev–Trinajstić information content (AvgIpc) is 2.04. The van der Waals surface area contributed by atoms with Crippen LogP contribution in [0.2, 0.25) is 5.02 Å². The minimum atomic E-state index is -0.0580. The number of carbonyl (C=O) groups is 1. The van der Waals surface area contributed by atoms with Gasteiger partial charge in [0.2, 0.25) is 0 Å². The lowest BCUT2D eigenvalue weighted by molar-refractivity contribution is 0.0934. The van der Waals surface area contributed by atoms with E-state index >= 15 is 0 Å². The number of rotatable bonds is 2. The molecule has 0 spiro atoms. The van der Waals surface area contributed by atoms with Crippen molar-refractivity contribution in [1.82, 2.24) is 4.98 Å². The van der Waals surface area contributed by atoms with Gasteiger partial charge in [-0.3, -0.25) is 9.78 Å². The lowest BCUT2D eigenvalue weighted by Crippen LogP contribution is -2.09. The molecule has 0 aliphatic rings. The maximum absolute atomic E-state index is 11.4. The van der Waals surface area contributed by atoms with E-state index in [1.54, 1.807) is 18.3 Å². The molecule has 64 valence electrons. The fourth-order valence-corrected chi connectivity index (χ4v) is 1.06. The van der Waals surface area contributed by atoms with Gasteiger partial charge >= 0.3 is 0 Å². The summed E-state index contributed by atoms with van der Waals surface area (Å²) in [6.45, 7) is 3.65. The molecule has 0 aliphatic carbocycles. The Morgan fingerprint density at radius 2 is 2.25 bits per heavy atom. The van der Waals surface area contributed by atoms with Crippen molar-refractivity contribution in [2.45, 2.75) is 13.8 Å². The maximum Gasteiger partial charge on any atom is 0.185 e. The summed E-state index contributed by atoms with van der Waals surface area (Å²) in [5.41, 5.74) is 0.370. The first-order valence-corrected chi connectivity index (χ1v) is 4.15. The Morgan fingerprint density at radius 3 is 2.75 bits per heavy atom. The smallest absolute Gasteiger partial charge is 0.185 e. The number of aromatic nitrogens is 1. The summed E-state index contributed by atoms with van der Waals surface area (Å²) in [6, 6.07) is 3.38. The molecule has 12 heavy (non-hydrogen) atoms. The number of hydrogen-bond acceptors (Lipinski definition) is 2. The van der Waals surface area contributed by atoms with Crippen molar-refractivity contribution in [3.63, 3.8) is 0 Å². The van der Waals surface area contributed by atoms with Crippen LogP contribution in [0.25, 0.3) is 0 Å². The van der Waals surface area contributed by atoms with Gasteiger partial charge in [-0.25, -0.2) is 0 Å². The predicted molar refractivity (Wildman–Crippen MR) is 48.4 cm³/mol. The topological polar surface area (TPSA) is 30.0 Å². The Morgan fingerprint density at radius 1 is 1.58 bits per heavy atom. The van der Waals surface area contributed by atoms with Crippen LogP contribution in [0.1, 0.15) is 24.3 Å². The molecule has 1 aromatic rings. The highest BCUT2D eigenvalue weighted by Gasteiger charge is 2.14. The van der Waals surface area contributed by atoms with Crippen molar-refractivity contribution in [3.05, 3.63) is 29.0 Å². The summed E-state index contributed by atoms with van der Waals surface area (Å²) in [4.78, 5) is 15.3. The van der Waals surface area contributed by atoms with Crippen molar-refractivity contribution < 1.29 is 4.79 Å². The molecular formula is C9H10ClNO. The van der Waals surface area contributed by atoms with Gasteiger partial charge in [0.15, 0.2) is 5.78 Å². The quantitative estimate of drug-likeness (QED) is 0.660. The second-order valence-electron chi connectivity index (χ2n) is 2.85. The molecule has 0 unspecified atom stereocenters. The van der Waals surface area contributed by atoms with Crippen molar-refractivity contribution in [1.29, 1.82) is 0 Å². The highest BCUT2D eigenvalue weighted by Crippen LogP contribution is 2.15. The number of Topliss-reactive ketones (excluding diaryl/α,β-unsaturated/α-hetero) is 1. The third kappa shape index (κ3) is 1.83. The Kier molecular flexibility index (Phi) is 2.82. The van der Waals surface area contributed by atoms with E-state index in [1.807, 2.05) is 13.8 Å². The van der Waals surface area contributed by atoms with Gasteiger partial charge in [0, 0.05) is 12.1 Å². The van der Waals surface area contributed by atoms with E-state index in [9.17, 15) is 4.79 Å². The Hall–Kier alpha value is -0.890. The molecule has 0 amide bonds. The number of hydrogen-bond donors (Lipinski definition) is 0. The molecule has 0 saturated carbocycles. The Bertz CT molecular complexity index is 296. The third-order valence-electron chi connectivity index (χ3n) is 1.52. The first-order valence-electron chi connectivity index (χ1n) is 3.77. The van der Waals surface area contributed by atoms with E-state index in [0.717, 1.165) is 0 Å². The monoisotopic (exact) mass is 183 g/mol. The molecule has 0 radical (unpaired) electrons. The molecule has 3 heteroatoms. The van der Waals surface area contributed by atoms with Crippen LogP contribution in [0.5, 0.6) is 0 Å². The molecule has 0 saturated heterocycles. The van der Waals surface area contributed by atoms with Gasteiger partial charge in [-0.05, 0) is 12.1 Å². The van der Waals surface area contributed by atoms with Crippen LogP contribution in [0.3, 0.4) is 0 Å². The molecule has 1 rings (SSSR count). The third-order valence-corrected chi connectivity index (χ3v) is 1.82. The van der Waals surface area contributed by atoms with Gasteiger partial charge in [-0.1, -0.05) is 25.4 Å². The molecule has 0 atom stereocenters. The Labute approximate surface area is 76.6 Å². The molecular weight excluding hydrogens is 174 g/mol. The summed E-state index contributed by atoms with van der Waals surface area (Å²) in [7, 11) is 0. The Balaban J connectivity index is 3.03. The standard InChI is InChI=1S/C9H10ClNO/c1-6(2)9(12)8-7(10)4-3-5-11-8/h3-6H,1-2H3. The number of halogens is 1. The fourth-order valence-electron chi connectivity index (χ4n) is 0.840. The minimum Gasteiger partial charge on any atom is -0.292 e. The molecule has 1 aromatic heterocycles. The molecule has 0 bridgehead atoms. The van der Waals surface area contributed by atoms with E-state index in [2.05, 4.69) is 4.98 Å². The van der Waals surface area contributed by atoms with Crippen LogP contribution in [-0.4, -0.2) is 10.8 Å². The molecule has 1 heterocycles. The largest absolute Gasteiger partial charge is 0.292 e. The van der Waals surface area contributed by atoms with E-state index < -0.39 is 0 Å². The predicted octanol–water partition coefficient (Wildman–Crippen LogP) is 2.57. The number of nitrogens with zero attached hydrogens (tertiary/aromatic N) is 1. The van der Waals surface area contributed by atoms with Crippen LogP contribution >= 0.6 is 11.6 Å². The summed E-state index contributed by atoms with van der Waals surface area (Å²) in [5.74, 6) is -0.0713. The van der Waals surface area contributed by atoms with Crippen molar-refractivity contribution >= 4 is 17.4 Å². The second-order valence-corrected chi connectivity index (χ2v) is 3.26. The zero-order chi connectivity index (χ0) is 9.14. The summed E-state index contributed by atoms with van der Waals surface area (Å²) < 4.78 is 0. The average molecular weight is 184 g/mol. The summed E-state index contributed by atoms with van der Waals surface area (Å²) in [6.07, 6.45) is 1.57. The van der Waals surface area contributed by atoms with Gasteiger partial charge in [0.25, 0.3) is 0 Å². The molecule has 0 fully saturated rings. The number of ketones is 1. The van der Waals surface area contributed by atoms with Crippen LogP contribution in [0.4, 0.5) is 0 Å². The highest BCUT2D eigenvalue weighted by atomic mass is 35.5.